The summed E-state index contributed by atoms with van der Waals surface area (Å²) < 4.78 is 44.4. The van der Waals surface area contributed by atoms with E-state index in [2.05, 4.69) is 5.32 Å². The normalized spacial score (nSPS) is 11.4. The Balaban J connectivity index is 1.58. The number of carboxylic acids is 2. The highest BCUT2D eigenvalue weighted by Crippen LogP contribution is 2.33. The topological polar surface area (TPSA) is 150 Å². The zero-order chi connectivity index (χ0) is 36.1. The van der Waals surface area contributed by atoms with E-state index in [1.54, 1.807) is 31.2 Å². The lowest BCUT2D eigenvalue weighted by Crippen LogP contribution is -2.48. The van der Waals surface area contributed by atoms with Crippen LogP contribution in [0.2, 0.25) is 0 Å². The van der Waals surface area contributed by atoms with Gasteiger partial charge in [0.25, 0.3) is 11.8 Å². The number of carboxylic acid groups (broad SMARTS) is 2. The molecule has 0 aliphatic heterocycles. The fourth-order valence-electron chi connectivity index (χ4n) is 5.05. The van der Waals surface area contributed by atoms with E-state index < -0.39 is 59.9 Å². The van der Waals surface area contributed by atoms with Crippen molar-refractivity contribution in [1.29, 1.82) is 0 Å². The van der Waals surface area contributed by atoms with Gasteiger partial charge in [-0.3, -0.25) is 24.0 Å². The van der Waals surface area contributed by atoms with Gasteiger partial charge in [-0.25, -0.2) is 0 Å². The number of hydrogen-bond acceptors (Lipinski definition) is 6. The SMILES string of the molecule is Cc1cccc(C(COC(=O)Cc2ccc(NC(=O)c3ccccc3-c3ccc(C(F)(F)F)cc3)c(C(=O)N(C)C)c2)(C(=O)O)C(=O)O)c1. The molecule has 0 spiro atoms. The first-order valence-electron chi connectivity index (χ1n) is 14.7. The Morgan fingerprint density at radius 1 is 0.776 bits per heavy atom. The average Bonchev–Trinajstić information content (AvgIpc) is 3.04. The number of benzene rings is 4. The first kappa shape index (κ1) is 35.9. The lowest BCUT2D eigenvalue weighted by Gasteiger charge is -2.25. The van der Waals surface area contributed by atoms with Crippen LogP contribution in [-0.2, 0) is 37.1 Å². The molecule has 3 N–H and O–H groups in total. The van der Waals surface area contributed by atoms with Gasteiger partial charge in [-0.1, -0.05) is 66.2 Å². The molecule has 4 aromatic carbocycles. The summed E-state index contributed by atoms with van der Waals surface area (Å²) in [5, 5.41) is 22.5. The van der Waals surface area contributed by atoms with Crippen molar-refractivity contribution in [3.8, 4) is 11.1 Å². The van der Waals surface area contributed by atoms with Gasteiger partial charge in [0, 0.05) is 19.7 Å². The summed E-state index contributed by atoms with van der Waals surface area (Å²) in [6, 6.07) is 20.5. The van der Waals surface area contributed by atoms with Gasteiger partial charge in [0.2, 0.25) is 5.41 Å². The van der Waals surface area contributed by atoms with E-state index in [0.29, 0.717) is 16.7 Å². The summed E-state index contributed by atoms with van der Waals surface area (Å²) in [7, 11) is 2.94. The molecule has 49 heavy (non-hydrogen) atoms. The third kappa shape index (κ3) is 7.95. The molecule has 0 atom stereocenters. The summed E-state index contributed by atoms with van der Waals surface area (Å²) in [6.07, 6.45) is -5.00. The molecule has 0 radical (unpaired) electrons. The summed E-state index contributed by atoms with van der Waals surface area (Å²) in [5.74, 6) is -5.62. The van der Waals surface area contributed by atoms with Crippen molar-refractivity contribution in [2.75, 3.05) is 26.0 Å². The number of ether oxygens (including phenoxy) is 1. The molecule has 10 nitrogen and oxygen atoms in total. The first-order valence-corrected chi connectivity index (χ1v) is 14.7. The Bertz CT molecular complexity index is 1910. The second-order valence-corrected chi connectivity index (χ2v) is 11.4. The van der Waals surface area contributed by atoms with Crippen LogP contribution in [0, 0.1) is 6.92 Å². The van der Waals surface area contributed by atoms with Gasteiger partial charge in [0.05, 0.1) is 23.2 Å². The van der Waals surface area contributed by atoms with Gasteiger partial charge in [-0.2, -0.15) is 13.2 Å². The zero-order valence-electron chi connectivity index (χ0n) is 26.5. The minimum atomic E-state index is -4.53. The van der Waals surface area contributed by atoms with Crippen molar-refractivity contribution in [2.45, 2.75) is 24.9 Å². The van der Waals surface area contributed by atoms with Crippen LogP contribution < -0.4 is 5.32 Å². The van der Waals surface area contributed by atoms with Crippen molar-refractivity contribution < 1.29 is 52.1 Å². The van der Waals surface area contributed by atoms with Gasteiger partial charge < -0.3 is 25.2 Å². The molecule has 0 aliphatic carbocycles. The maximum atomic E-state index is 13.5. The molecular weight excluding hydrogens is 645 g/mol. The second kappa shape index (κ2) is 14.4. The number of anilines is 1. The smallest absolute Gasteiger partial charge is 0.416 e. The first-order chi connectivity index (χ1) is 23.0. The van der Waals surface area contributed by atoms with Crippen LogP contribution in [0.3, 0.4) is 0 Å². The second-order valence-electron chi connectivity index (χ2n) is 11.4. The van der Waals surface area contributed by atoms with E-state index in [0.717, 1.165) is 12.1 Å². The largest absolute Gasteiger partial charge is 0.480 e. The van der Waals surface area contributed by atoms with E-state index >= 15 is 0 Å². The highest BCUT2D eigenvalue weighted by Gasteiger charge is 2.50. The number of hydrogen-bond donors (Lipinski definition) is 3. The van der Waals surface area contributed by atoms with E-state index in [1.807, 2.05) is 0 Å². The monoisotopic (exact) mass is 676 g/mol. The van der Waals surface area contributed by atoms with Crippen LogP contribution in [0.25, 0.3) is 11.1 Å². The number of carbonyl (C=O) groups excluding carboxylic acids is 3. The molecule has 0 bridgehead atoms. The molecule has 0 aromatic heterocycles. The zero-order valence-corrected chi connectivity index (χ0v) is 26.5. The van der Waals surface area contributed by atoms with Gasteiger partial charge in [-0.15, -0.1) is 0 Å². The van der Waals surface area contributed by atoms with E-state index in [1.165, 1.54) is 73.6 Å². The van der Waals surface area contributed by atoms with Crippen molar-refractivity contribution in [1.82, 2.24) is 4.90 Å². The molecular formula is C36H31F3N2O8. The average molecular weight is 677 g/mol. The fraction of sp³-hybridized carbons (Fsp3) is 0.194. The van der Waals surface area contributed by atoms with Gasteiger partial charge in [0.1, 0.15) is 6.61 Å². The number of nitrogens with one attached hydrogen (secondary N) is 1. The summed E-state index contributed by atoms with van der Waals surface area (Å²) in [4.78, 5) is 65.2. The minimum Gasteiger partial charge on any atom is -0.480 e. The molecule has 0 saturated heterocycles. The third-order valence-corrected chi connectivity index (χ3v) is 7.70. The van der Waals surface area contributed by atoms with Crippen molar-refractivity contribution in [3.05, 3.63) is 124 Å². The maximum Gasteiger partial charge on any atom is 0.416 e. The number of halogens is 3. The lowest BCUT2D eigenvalue weighted by atomic mass is 9.80. The summed E-state index contributed by atoms with van der Waals surface area (Å²) in [5.41, 5.74) is -1.78. The number of esters is 1. The number of alkyl halides is 3. The summed E-state index contributed by atoms with van der Waals surface area (Å²) >= 11 is 0. The number of aryl methyl sites for hydroxylation is 1. The van der Waals surface area contributed by atoms with Crippen LogP contribution in [0.1, 0.15) is 43.0 Å². The Morgan fingerprint density at radius 3 is 2.02 bits per heavy atom. The van der Waals surface area contributed by atoms with Crippen LogP contribution in [0.5, 0.6) is 0 Å². The van der Waals surface area contributed by atoms with Gasteiger partial charge in [-0.05, 0) is 59.5 Å². The fourth-order valence-corrected chi connectivity index (χ4v) is 5.05. The highest BCUT2D eigenvalue weighted by atomic mass is 19.4. The number of carbonyl (C=O) groups is 5. The van der Waals surface area contributed by atoms with Crippen LogP contribution in [0.4, 0.5) is 18.9 Å². The Morgan fingerprint density at radius 2 is 1.43 bits per heavy atom. The van der Waals surface area contributed by atoms with E-state index in [4.69, 9.17) is 4.74 Å². The number of aliphatic carboxylic acids is 2. The molecule has 254 valence electrons. The molecule has 13 heteroatoms. The van der Waals surface area contributed by atoms with E-state index in [9.17, 15) is 47.4 Å². The van der Waals surface area contributed by atoms with Crippen LogP contribution >= 0.6 is 0 Å². The van der Waals surface area contributed by atoms with Crippen molar-refractivity contribution in [2.24, 2.45) is 0 Å². The molecule has 0 heterocycles. The molecule has 0 aliphatic rings. The van der Waals surface area contributed by atoms with Crippen LogP contribution in [-0.4, -0.2) is 65.5 Å². The van der Waals surface area contributed by atoms with Crippen molar-refractivity contribution in [3.63, 3.8) is 0 Å². The Kier molecular flexibility index (Phi) is 10.6. The quantitative estimate of drug-likeness (QED) is 0.133. The minimum absolute atomic E-state index is 0.0131. The standard InChI is InChI=1S/C36H31F3N2O8/c1-21-7-6-8-25(17-21)35(33(45)46,34(47)48)20-49-30(42)19-22-11-16-29(28(18-22)32(44)41(2)3)40-31(43)27-10-5-4-9-26(27)23-12-14-24(15-13-23)36(37,38)39/h4-18H,19-20H2,1-3H3,(H,40,43)(H,45,46)(H,47,48). The molecule has 0 saturated carbocycles. The Hall–Kier alpha value is -5.98. The number of amides is 2. The molecule has 4 rings (SSSR count). The molecule has 0 unspecified atom stereocenters. The predicted octanol–water partition coefficient (Wildman–Crippen LogP) is 5.83. The van der Waals surface area contributed by atoms with Crippen molar-refractivity contribution >= 4 is 35.4 Å². The lowest BCUT2D eigenvalue weighted by molar-refractivity contribution is -0.164. The van der Waals surface area contributed by atoms with E-state index in [-0.39, 0.29) is 27.9 Å². The van der Waals surface area contributed by atoms with Crippen LogP contribution in [0.15, 0.2) is 91.0 Å². The Labute approximate surface area is 278 Å². The summed E-state index contributed by atoms with van der Waals surface area (Å²) in [6.45, 7) is 0.649. The molecule has 4 aromatic rings. The predicted molar refractivity (Wildman–Crippen MR) is 172 cm³/mol. The highest BCUT2D eigenvalue weighted by molar-refractivity contribution is 6.12. The van der Waals surface area contributed by atoms with Gasteiger partial charge in [0.15, 0.2) is 0 Å². The number of rotatable bonds is 11. The number of nitrogens with zero attached hydrogens (tertiary/aromatic N) is 1. The van der Waals surface area contributed by atoms with Gasteiger partial charge >= 0.3 is 24.1 Å². The molecule has 2 amide bonds. The third-order valence-electron chi connectivity index (χ3n) is 7.70. The molecule has 0 fully saturated rings. The maximum absolute atomic E-state index is 13.5.